The number of allylic oxidation sites excluding steroid dienone is 2. The second-order valence-electron chi connectivity index (χ2n) is 9.02. The molecule has 5 rings (SSSR count). The Kier molecular flexibility index (Phi) is 7.89. The van der Waals surface area contributed by atoms with Crippen molar-refractivity contribution in [3.05, 3.63) is 113 Å². The number of carbonyl (C=O) groups excluding carboxylic acids is 2. The van der Waals surface area contributed by atoms with Crippen LogP contribution < -0.4 is 20.7 Å². The van der Waals surface area contributed by atoms with Crippen LogP contribution in [0.2, 0.25) is 0 Å². The topological polar surface area (TPSA) is 116 Å². The summed E-state index contributed by atoms with van der Waals surface area (Å²) in [5.74, 6) is -0.369. The van der Waals surface area contributed by atoms with E-state index in [1.54, 1.807) is 37.3 Å². The lowest BCUT2D eigenvalue weighted by molar-refractivity contribution is -0.114. The van der Waals surface area contributed by atoms with Gasteiger partial charge in [-0.2, -0.15) is 5.26 Å². The average molecular weight is 551 g/mol. The molecule has 0 bridgehead atoms. The predicted octanol–water partition coefficient (Wildman–Crippen LogP) is 6.15. The molecular weight excluding hydrogens is 524 g/mol. The molecule has 0 radical (unpaired) electrons. The molecule has 2 heterocycles. The first-order valence-electron chi connectivity index (χ1n) is 12.5. The van der Waals surface area contributed by atoms with Crippen LogP contribution in [0.5, 0.6) is 5.75 Å². The molecule has 40 heavy (non-hydrogen) atoms. The van der Waals surface area contributed by atoms with Crippen LogP contribution in [0.3, 0.4) is 0 Å². The zero-order valence-corrected chi connectivity index (χ0v) is 22.7. The molecule has 9 heteroatoms. The van der Waals surface area contributed by atoms with Gasteiger partial charge in [-0.25, -0.2) is 0 Å². The Bertz CT molecular complexity index is 1680. The molecule has 3 aromatic carbocycles. The number of ether oxygens (including phenoxy) is 1. The van der Waals surface area contributed by atoms with Crippen molar-refractivity contribution < 1.29 is 18.7 Å². The van der Waals surface area contributed by atoms with Crippen LogP contribution in [0, 0.1) is 11.3 Å². The van der Waals surface area contributed by atoms with Crippen LogP contribution in [0.15, 0.2) is 111 Å². The normalized spacial score (nSPS) is 14.9. The number of nitrogens with one attached hydrogen (secondary N) is 3. The third kappa shape index (κ3) is 5.58. The summed E-state index contributed by atoms with van der Waals surface area (Å²) < 4.78 is 11.0. The SMILES string of the molecule is COc1ccccc1NC(=O)C1=C(C)NC(SCC(=O)Nc2ccc3ccccc3c2)=C(C#N)[C@H]1c1ccco1. The Balaban J connectivity index is 1.37. The van der Waals surface area contributed by atoms with Gasteiger partial charge in [0.2, 0.25) is 5.91 Å². The van der Waals surface area contributed by atoms with Gasteiger partial charge in [0.15, 0.2) is 0 Å². The van der Waals surface area contributed by atoms with E-state index >= 15 is 0 Å². The van der Waals surface area contributed by atoms with Gasteiger partial charge in [-0.15, -0.1) is 0 Å². The monoisotopic (exact) mass is 550 g/mol. The quantitative estimate of drug-likeness (QED) is 0.241. The van der Waals surface area contributed by atoms with Gasteiger partial charge in [-0.1, -0.05) is 54.2 Å². The van der Waals surface area contributed by atoms with E-state index in [2.05, 4.69) is 22.0 Å². The van der Waals surface area contributed by atoms with Crippen molar-refractivity contribution in [1.82, 2.24) is 5.32 Å². The highest BCUT2D eigenvalue weighted by molar-refractivity contribution is 8.03. The number of anilines is 2. The largest absolute Gasteiger partial charge is 0.495 e. The molecule has 4 aromatic rings. The van der Waals surface area contributed by atoms with Gasteiger partial charge < -0.3 is 25.1 Å². The number of hydrogen-bond acceptors (Lipinski definition) is 7. The summed E-state index contributed by atoms with van der Waals surface area (Å²) in [6.07, 6.45) is 1.50. The molecular formula is C31H26N4O4S. The van der Waals surface area contributed by atoms with Crippen molar-refractivity contribution >= 4 is 45.7 Å². The Morgan fingerprint density at radius 3 is 2.55 bits per heavy atom. The van der Waals surface area contributed by atoms with Gasteiger partial charge in [0.25, 0.3) is 5.91 Å². The first kappa shape index (κ1) is 26.7. The van der Waals surface area contributed by atoms with E-state index < -0.39 is 11.8 Å². The van der Waals surface area contributed by atoms with E-state index in [9.17, 15) is 14.9 Å². The number of nitrogens with zero attached hydrogens (tertiary/aromatic N) is 1. The van der Waals surface area contributed by atoms with Crippen LogP contribution in [-0.2, 0) is 9.59 Å². The molecule has 0 aliphatic carbocycles. The number of rotatable bonds is 8. The molecule has 0 spiro atoms. The van der Waals surface area contributed by atoms with Gasteiger partial charge >= 0.3 is 0 Å². The third-order valence-corrected chi connectivity index (χ3v) is 7.47. The van der Waals surface area contributed by atoms with Crippen LogP contribution in [0.1, 0.15) is 18.6 Å². The number of carbonyl (C=O) groups is 2. The van der Waals surface area contributed by atoms with E-state index in [4.69, 9.17) is 9.15 Å². The molecule has 3 N–H and O–H groups in total. The summed E-state index contributed by atoms with van der Waals surface area (Å²) in [6.45, 7) is 1.76. The van der Waals surface area contributed by atoms with Crippen LogP contribution in [0.4, 0.5) is 11.4 Å². The zero-order chi connectivity index (χ0) is 28.1. The van der Waals surface area contributed by atoms with Crippen molar-refractivity contribution in [3.8, 4) is 11.8 Å². The van der Waals surface area contributed by atoms with Crippen molar-refractivity contribution in [1.29, 1.82) is 5.26 Å². The number of nitriles is 1. The smallest absolute Gasteiger partial charge is 0.254 e. The number of amides is 2. The summed E-state index contributed by atoms with van der Waals surface area (Å²) >= 11 is 1.20. The van der Waals surface area contributed by atoms with E-state index in [1.807, 2.05) is 48.5 Å². The number of fused-ring (bicyclic) bond motifs is 1. The molecule has 1 aliphatic rings. The maximum Gasteiger partial charge on any atom is 0.254 e. The number of benzene rings is 3. The Morgan fingerprint density at radius 2 is 1.80 bits per heavy atom. The van der Waals surface area contributed by atoms with E-state index in [-0.39, 0.29) is 17.2 Å². The maximum atomic E-state index is 13.6. The summed E-state index contributed by atoms with van der Waals surface area (Å²) in [6, 6.07) is 26.4. The Hall–Kier alpha value is -4.94. The van der Waals surface area contributed by atoms with Crippen molar-refractivity contribution in [3.63, 3.8) is 0 Å². The van der Waals surface area contributed by atoms with Crippen molar-refractivity contribution in [2.45, 2.75) is 12.8 Å². The highest BCUT2D eigenvalue weighted by atomic mass is 32.2. The summed E-state index contributed by atoms with van der Waals surface area (Å²) in [5.41, 5.74) is 2.36. The highest BCUT2D eigenvalue weighted by Crippen LogP contribution is 2.41. The van der Waals surface area contributed by atoms with Crippen molar-refractivity contribution in [2.75, 3.05) is 23.5 Å². The van der Waals surface area contributed by atoms with Gasteiger partial charge in [0.1, 0.15) is 11.5 Å². The number of para-hydroxylation sites is 2. The molecule has 2 amide bonds. The van der Waals surface area contributed by atoms with E-state index in [0.717, 1.165) is 10.8 Å². The zero-order valence-electron chi connectivity index (χ0n) is 21.9. The first-order chi connectivity index (χ1) is 19.5. The Labute approximate surface area is 235 Å². The maximum absolute atomic E-state index is 13.6. The van der Waals surface area contributed by atoms with Gasteiger partial charge in [-0.05, 0) is 54.1 Å². The second-order valence-corrected chi connectivity index (χ2v) is 10.0. The molecule has 1 aliphatic heterocycles. The minimum atomic E-state index is -0.762. The minimum absolute atomic E-state index is 0.0568. The lowest BCUT2D eigenvalue weighted by atomic mass is 9.85. The fraction of sp³-hybridized carbons (Fsp3) is 0.129. The number of hydrogen-bond donors (Lipinski definition) is 3. The molecule has 200 valence electrons. The minimum Gasteiger partial charge on any atom is -0.495 e. The summed E-state index contributed by atoms with van der Waals surface area (Å²) in [4.78, 5) is 26.4. The van der Waals surface area contributed by atoms with Crippen molar-refractivity contribution in [2.24, 2.45) is 0 Å². The fourth-order valence-electron chi connectivity index (χ4n) is 4.61. The second kappa shape index (κ2) is 11.8. The van der Waals surface area contributed by atoms with E-state index in [1.165, 1.54) is 25.1 Å². The van der Waals surface area contributed by atoms with Gasteiger partial charge in [0, 0.05) is 11.4 Å². The highest BCUT2D eigenvalue weighted by Gasteiger charge is 2.36. The van der Waals surface area contributed by atoms with Gasteiger partial charge in [-0.3, -0.25) is 9.59 Å². The molecule has 1 atom stereocenters. The van der Waals surface area contributed by atoms with Crippen LogP contribution in [-0.4, -0.2) is 24.7 Å². The lowest BCUT2D eigenvalue weighted by Gasteiger charge is -2.28. The number of methoxy groups -OCH3 is 1. The van der Waals surface area contributed by atoms with Gasteiger partial charge in [0.05, 0.1) is 53.0 Å². The number of thioether (sulfide) groups is 1. The molecule has 0 fully saturated rings. The predicted molar refractivity (Wildman–Crippen MR) is 157 cm³/mol. The molecule has 0 saturated heterocycles. The van der Waals surface area contributed by atoms with Crippen LogP contribution in [0.25, 0.3) is 10.8 Å². The standard InChI is InChI=1S/C31H26N4O4S/c1-19-28(30(37)35-24-10-5-6-11-25(24)38-2)29(26-12-7-15-39-26)23(17-32)31(33-19)40-18-27(36)34-22-14-13-20-8-3-4-9-21(20)16-22/h3-16,29,33H,18H2,1-2H3,(H,34,36)(H,35,37)/t29-/m0/s1. The molecule has 8 nitrogen and oxygen atoms in total. The summed E-state index contributed by atoms with van der Waals surface area (Å²) in [5, 5.41) is 21.8. The molecule has 1 aromatic heterocycles. The number of dihydropyridines is 1. The first-order valence-corrected chi connectivity index (χ1v) is 13.5. The third-order valence-electron chi connectivity index (χ3n) is 6.46. The summed E-state index contributed by atoms with van der Waals surface area (Å²) in [7, 11) is 1.53. The lowest BCUT2D eigenvalue weighted by Crippen LogP contribution is -2.31. The van der Waals surface area contributed by atoms with E-state index in [0.29, 0.717) is 39.2 Å². The average Bonchev–Trinajstić information content (AvgIpc) is 3.50. The fourth-order valence-corrected chi connectivity index (χ4v) is 5.50. The van der Waals surface area contributed by atoms with Crippen LogP contribution >= 0.6 is 11.8 Å². The molecule has 0 unspecified atom stereocenters. The number of furan rings is 1. The molecule has 0 saturated carbocycles. The Morgan fingerprint density at radius 1 is 1.02 bits per heavy atom.